The molecule has 0 amide bonds. The van der Waals surface area contributed by atoms with E-state index in [2.05, 4.69) is 15.4 Å². The van der Waals surface area contributed by atoms with E-state index in [-0.39, 0.29) is 12.4 Å². The van der Waals surface area contributed by atoms with Crippen LogP contribution in [0.2, 0.25) is 0 Å². The maximum absolute atomic E-state index is 9.24. The second kappa shape index (κ2) is 8.41. The summed E-state index contributed by atoms with van der Waals surface area (Å²) in [5, 5.41) is 30.0. The maximum atomic E-state index is 9.24. The zero-order valence-corrected chi connectivity index (χ0v) is 13.0. The van der Waals surface area contributed by atoms with Gasteiger partial charge in [-0.15, -0.1) is 5.10 Å². The lowest BCUT2D eigenvalue weighted by Crippen LogP contribution is -2.32. The summed E-state index contributed by atoms with van der Waals surface area (Å²) in [4.78, 5) is 1.92. The molecule has 0 spiro atoms. The minimum atomic E-state index is 0.00821. The highest BCUT2D eigenvalue weighted by Gasteiger charge is 2.21. The number of nitrogens with zero attached hydrogens (tertiary/aromatic N) is 4. The number of aromatic nitrogens is 2. The van der Waals surface area contributed by atoms with Crippen molar-refractivity contribution in [3.8, 4) is 0 Å². The lowest BCUT2D eigenvalue weighted by atomic mass is 10.0. The van der Waals surface area contributed by atoms with Gasteiger partial charge < -0.3 is 20.9 Å². The Bertz CT molecular complexity index is 484. The number of oxime groups is 1. The monoisotopic (exact) mass is 295 g/mol. The Balaban J connectivity index is 3.49. The summed E-state index contributed by atoms with van der Waals surface area (Å²) in [5.41, 5.74) is 8.28. The van der Waals surface area contributed by atoms with Crippen LogP contribution < -0.4 is 10.6 Å². The van der Waals surface area contributed by atoms with Gasteiger partial charge in [-0.3, -0.25) is 0 Å². The van der Waals surface area contributed by atoms with Crippen LogP contribution in [0.4, 0.5) is 5.82 Å². The van der Waals surface area contributed by atoms with E-state index in [0.717, 1.165) is 37.1 Å². The topological polar surface area (TPSA) is 108 Å². The molecule has 1 aromatic rings. The van der Waals surface area contributed by atoms with E-state index >= 15 is 0 Å². The molecule has 0 atom stereocenters. The first-order valence-corrected chi connectivity index (χ1v) is 7.36. The van der Waals surface area contributed by atoms with E-state index < -0.39 is 0 Å². The normalized spacial score (nSPS) is 11.7. The number of aryl methyl sites for hydroxylation is 1. The molecule has 0 bridgehead atoms. The Kier molecular flexibility index (Phi) is 6.87. The van der Waals surface area contributed by atoms with E-state index in [9.17, 15) is 5.11 Å². The van der Waals surface area contributed by atoms with Gasteiger partial charge in [0.15, 0.2) is 11.7 Å². The Labute approximate surface area is 125 Å². The minimum absolute atomic E-state index is 0.00821. The van der Waals surface area contributed by atoms with Crippen molar-refractivity contribution in [3.05, 3.63) is 16.8 Å². The van der Waals surface area contributed by atoms with Crippen molar-refractivity contribution in [2.75, 3.05) is 24.6 Å². The molecule has 21 heavy (non-hydrogen) atoms. The molecule has 0 aliphatic heterocycles. The molecule has 0 aliphatic rings. The van der Waals surface area contributed by atoms with E-state index in [1.165, 1.54) is 0 Å². The lowest BCUT2D eigenvalue weighted by Gasteiger charge is -2.25. The molecule has 0 aliphatic carbocycles. The number of rotatable bonds is 8. The molecule has 7 nitrogen and oxygen atoms in total. The van der Waals surface area contributed by atoms with Crippen molar-refractivity contribution in [1.82, 2.24) is 10.2 Å². The van der Waals surface area contributed by atoms with Gasteiger partial charge in [0.05, 0.1) is 17.9 Å². The average Bonchev–Trinajstić information content (AvgIpc) is 2.52. The van der Waals surface area contributed by atoms with Crippen molar-refractivity contribution >= 4 is 11.7 Å². The molecule has 1 rings (SSSR count). The summed E-state index contributed by atoms with van der Waals surface area (Å²) in [6, 6.07) is 0. The van der Waals surface area contributed by atoms with Gasteiger partial charge >= 0.3 is 0 Å². The fourth-order valence-electron chi connectivity index (χ4n) is 2.42. The standard InChI is InChI=1S/C14H25N5O2/c1-4-7-19(8-9-20)14-12(13(15)18-21)10(5-2)11(6-3)16-17-14/h20-21H,4-9H2,1-3H3,(H2,15,18). The van der Waals surface area contributed by atoms with Crippen LogP contribution in [-0.2, 0) is 12.8 Å². The van der Waals surface area contributed by atoms with Gasteiger partial charge in [0.25, 0.3) is 0 Å². The number of aliphatic hydroxyl groups is 1. The average molecular weight is 295 g/mol. The number of amidine groups is 1. The Morgan fingerprint density at radius 2 is 1.90 bits per heavy atom. The summed E-state index contributed by atoms with van der Waals surface area (Å²) in [6.45, 7) is 7.20. The molecule has 0 saturated heterocycles. The van der Waals surface area contributed by atoms with Gasteiger partial charge in [-0.25, -0.2) is 0 Å². The van der Waals surface area contributed by atoms with Gasteiger partial charge in [0, 0.05) is 13.1 Å². The highest BCUT2D eigenvalue weighted by atomic mass is 16.4. The number of aliphatic hydroxyl groups excluding tert-OH is 1. The molecule has 0 saturated carbocycles. The van der Waals surface area contributed by atoms with Gasteiger partial charge in [-0.05, 0) is 24.8 Å². The highest BCUT2D eigenvalue weighted by molar-refractivity contribution is 6.03. The largest absolute Gasteiger partial charge is 0.409 e. The third-order valence-electron chi connectivity index (χ3n) is 3.35. The predicted molar refractivity (Wildman–Crippen MR) is 82.9 cm³/mol. The SMILES string of the molecule is CCCN(CCO)c1nnc(CC)c(CC)c1C(N)=NO. The first-order valence-electron chi connectivity index (χ1n) is 7.36. The molecule has 1 aromatic heterocycles. The van der Waals surface area contributed by atoms with E-state index in [1.54, 1.807) is 0 Å². The second-order valence-corrected chi connectivity index (χ2v) is 4.73. The molecule has 0 radical (unpaired) electrons. The van der Waals surface area contributed by atoms with Gasteiger partial charge in [-0.1, -0.05) is 25.9 Å². The van der Waals surface area contributed by atoms with Crippen LogP contribution in [0.1, 0.15) is 44.0 Å². The molecular weight excluding hydrogens is 270 g/mol. The third-order valence-corrected chi connectivity index (χ3v) is 3.35. The van der Waals surface area contributed by atoms with E-state index in [1.807, 2.05) is 25.7 Å². The highest BCUT2D eigenvalue weighted by Crippen LogP contribution is 2.24. The molecule has 0 fully saturated rings. The van der Waals surface area contributed by atoms with Crippen molar-refractivity contribution in [2.24, 2.45) is 10.9 Å². The van der Waals surface area contributed by atoms with Crippen molar-refractivity contribution in [1.29, 1.82) is 0 Å². The van der Waals surface area contributed by atoms with Crippen LogP contribution in [0.3, 0.4) is 0 Å². The Hall–Kier alpha value is -1.89. The smallest absolute Gasteiger partial charge is 0.174 e. The first kappa shape index (κ1) is 17.2. The fourth-order valence-corrected chi connectivity index (χ4v) is 2.42. The van der Waals surface area contributed by atoms with Crippen molar-refractivity contribution in [2.45, 2.75) is 40.0 Å². The number of hydrogen-bond acceptors (Lipinski definition) is 6. The molecule has 118 valence electrons. The molecular formula is C14H25N5O2. The predicted octanol–water partition coefficient (Wildman–Crippen LogP) is 0.905. The summed E-state index contributed by atoms with van der Waals surface area (Å²) in [5.74, 6) is 0.598. The van der Waals surface area contributed by atoms with E-state index in [0.29, 0.717) is 17.9 Å². The van der Waals surface area contributed by atoms with Crippen LogP contribution in [0, 0.1) is 0 Å². The Morgan fingerprint density at radius 1 is 1.19 bits per heavy atom. The summed E-state index contributed by atoms with van der Waals surface area (Å²) in [7, 11) is 0. The van der Waals surface area contributed by atoms with Crippen LogP contribution >= 0.6 is 0 Å². The van der Waals surface area contributed by atoms with E-state index in [4.69, 9.17) is 10.9 Å². The molecule has 7 heteroatoms. The molecule has 4 N–H and O–H groups in total. The van der Waals surface area contributed by atoms with Crippen molar-refractivity contribution in [3.63, 3.8) is 0 Å². The Morgan fingerprint density at radius 3 is 2.38 bits per heavy atom. The first-order chi connectivity index (χ1) is 10.1. The van der Waals surface area contributed by atoms with Gasteiger partial charge in [0.1, 0.15) is 0 Å². The number of hydrogen-bond donors (Lipinski definition) is 3. The summed E-state index contributed by atoms with van der Waals surface area (Å²) in [6.07, 6.45) is 2.35. The quantitative estimate of drug-likeness (QED) is 0.285. The number of anilines is 1. The second-order valence-electron chi connectivity index (χ2n) is 4.73. The zero-order chi connectivity index (χ0) is 15.8. The summed E-state index contributed by atoms with van der Waals surface area (Å²) < 4.78 is 0. The molecule has 0 unspecified atom stereocenters. The fraction of sp³-hybridized carbons (Fsp3) is 0.643. The maximum Gasteiger partial charge on any atom is 0.174 e. The molecule has 1 heterocycles. The van der Waals surface area contributed by atoms with Crippen LogP contribution in [-0.4, -0.2) is 46.0 Å². The molecule has 0 aromatic carbocycles. The lowest BCUT2D eigenvalue weighted by molar-refractivity contribution is 0.301. The van der Waals surface area contributed by atoms with Gasteiger partial charge in [-0.2, -0.15) is 5.10 Å². The minimum Gasteiger partial charge on any atom is -0.409 e. The summed E-state index contributed by atoms with van der Waals surface area (Å²) >= 11 is 0. The number of nitrogens with two attached hydrogens (primary N) is 1. The van der Waals surface area contributed by atoms with Crippen LogP contribution in [0.5, 0.6) is 0 Å². The van der Waals surface area contributed by atoms with Gasteiger partial charge in [0.2, 0.25) is 0 Å². The van der Waals surface area contributed by atoms with Crippen LogP contribution in [0.25, 0.3) is 0 Å². The third kappa shape index (κ3) is 3.81. The van der Waals surface area contributed by atoms with Crippen molar-refractivity contribution < 1.29 is 10.3 Å². The zero-order valence-electron chi connectivity index (χ0n) is 13.0. The van der Waals surface area contributed by atoms with Crippen LogP contribution in [0.15, 0.2) is 5.16 Å².